The number of benzene rings is 1. The fourth-order valence-corrected chi connectivity index (χ4v) is 3.03. The van der Waals surface area contributed by atoms with Crippen molar-refractivity contribution in [2.24, 2.45) is 7.05 Å². The molecule has 0 aliphatic rings. The average Bonchev–Trinajstić information content (AvgIpc) is 3.16. The Balaban J connectivity index is 1.86. The minimum absolute atomic E-state index is 0.0523. The maximum absolute atomic E-state index is 9.35. The van der Waals surface area contributed by atoms with Gasteiger partial charge in [-0.15, -0.1) is 0 Å². The Morgan fingerprint density at radius 2 is 2.00 bits per heavy atom. The van der Waals surface area contributed by atoms with Crippen LogP contribution in [0.2, 0.25) is 0 Å². The van der Waals surface area contributed by atoms with Crippen molar-refractivity contribution in [3.05, 3.63) is 53.3 Å². The highest BCUT2D eigenvalue weighted by Gasteiger charge is 2.12. The quantitative estimate of drug-likeness (QED) is 0.694. The Kier molecular flexibility index (Phi) is 5.19. The molecule has 0 amide bonds. The molecule has 0 unspecified atom stereocenters. The van der Waals surface area contributed by atoms with Gasteiger partial charge in [-0.3, -0.25) is 4.68 Å². The van der Waals surface area contributed by atoms with E-state index < -0.39 is 0 Å². The van der Waals surface area contributed by atoms with Gasteiger partial charge in [0.15, 0.2) is 0 Å². The first kappa shape index (κ1) is 17.2. The molecule has 0 saturated heterocycles. The maximum atomic E-state index is 9.35. The second kappa shape index (κ2) is 7.53. The van der Waals surface area contributed by atoms with Crippen LogP contribution in [0.25, 0.3) is 11.3 Å². The summed E-state index contributed by atoms with van der Waals surface area (Å²) in [5.74, 6) is 0.901. The number of aliphatic hydroxyl groups is 1. The molecule has 0 atom stereocenters. The van der Waals surface area contributed by atoms with E-state index in [1.165, 1.54) is 11.1 Å². The summed E-state index contributed by atoms with van der Waals surface area (Å²) >= 11 is 0. The van der Waals surface area contributed by atoms with Gasteiger partial charge >= 0.3 is 0 Å². The predicted octanol–water partition coefficient (Wildman–Crippen LogP) is 2.76. The lowest BCUT2D eigenvalue weighted by atomic mass is 10.1. The van der Waals surface area contributed by atoms with E-state index in [4.69, 9.17) is 0 Å². The molecule has 3 aromatic rings. The number of hydrogen-bond donors (Lipinski definition) is 2. The summed E-state index contributed by atoms with van der Waals surface area (Å²) < 4.78 is 3.67. The molecule has 1 aromatic carbocycles. The molecule has 132 valence electrons. The Labute approximate surface area is 148 Å². The predicted molar refractivity (Wildman–Crippen MR) is 99.4 cm³/mol. The standard InChI is InChI=1S/C19H25N5O/c1-4-17-15(13-23(3)21-17)12-20-19-11-18(22-24(19)9-10-25)16-8-6-5-7-14(16)2/h5-8,11,13,20,25H,4,9-10,12H2,1-3H3. The average molecular weight is 339 g/mol. The van der Waals surface area contributed by atoms with E-state index in [0.29, 0.717) is 13.1 Å². The van der Waals surface area contributed by atoms with Crippen molar-refractivity contribution in [1.82, 2.24) is 19.6 Å². The van der Waals surface area contributed by atoms with Gasteiger partial charge in [0.25, 0.3) is 0 Å². The van der Waals surface area contributed by atoms with Gasteiger partial charge in [0.2, 0.25) is 0 Å². The molecule has 2 aromatic heterocycles. The lowest BCUT2D eigenvalue weighted by molar-refractivity contribution is 0.270. The van der Waals surface area contributed by atoms with E-state index in [9.17, 15) is 5.11 Å². The van der Waals surface area contributed by atoms with Crippen LogP contribution in [0.3, 0.4) is 0 Å². The second-order valence-corrected chi connectivity index (χ2v) is 6.16. The topological polar surface area (TPSA) is 67.9 Å². The molecule has 3 rings (SSSR count). The van der Waals surface area contributed by atoms with Gasteiger partial charge in [-0.25, -0.2) is 4.68 Å². The SMILES string of the molecule is CCc1nn(C)cc1CNc1cc(-c2ccccc2C)nn1CCO. The molecule has 2 heterocycles. The van der Waals surface area contributed by atoms with Gasteiger partial charge in [-0.1, -0.05) is 31.2 Å². The first-order valence-electron chi connectivity index (χ1n) is 8.62. The highest BCUT2D eigenvalue weighted by molar-refractivity contribution is 5.66. The molecule has 0 fully saturated rings. The fourth-order valence-electron chi connectivity index (χ4n) is 3.03. The van der Waals surface area contributed by atoms with Crippen molar-refractivity contribution < 1.29 is 5.11 Å². The Bertz CT molecular complexity index is 849. The summed E-state index contributed by atoms with van der Waals surface area (Å²) in [5, 5.41) is 21.9. The van der Waals surface area contributed by atoms with Crippen molar-refractivity contribution >= 4 is 5.82 Å². The summed E-state index contributed by atoms with van der Waals surface area (Å²) in [6, 6.07) is 10.2. The van der Waals surface area contributed by atoms with Crippen LogP contribution in [0.1, 0.15) is 23.7 Å². The second-order valence-electron chi connectivity index (χ2n) is 6.16. The zero-order valence-electron chi connectivity index (χ0n) is 15.0. The van der Waals surface area contributed by atoms with Crippen LogP contribution in [-0.4, -0.2) is 31.3 Å². The highest BCUT2D eigenvalue weighted by Crippen LogP contribution is 2.25. The number of hydrogen-bond acceptors (Lipinski definition) is 4. The van der Waals surface area contributed by atoms with E-state index >= 15 is 0 Å². The fraction of sp³-hybridized carbons (Fsp3) is 0.368. The zero-order chi connectivity index (χ0) is 17.8. The molecule has 2 N–H and O–H groups in total. The van der Waals surface area contributed by atoms with Gasteiger partial charge in [0.05, 0.1) is 24.5 Å². The number of nitrogens with zero attached hydrogens (tertiary/aromatic N) is 4. The summed E-state index contributed by atoms with van der Waals surface area (Å²) in [6.45, 7) is 5.38. The number of aromatic nitrogens is 4. The molecule has 0 spiro atoms. The lowest BCUT2D eigenvalue weighted by Crippen LogP contribution is -2.10. The largest absolute Gasteiger partial charge is 0.394 e. The van der Waals surface area contributed by atoms with Crippen LogP contribution in [0.4, 0.5) is 5.82 Å². The zero-order valence-corrected chi connectivity index (χ0v) is 15.0. The third kappa shape index (κ3) is 3.74. The molecule has 0 bridgehead atoms. The smallest absolute Gasteiger partial charge is 0.125 e. The number of rotatable bonds is 7. The molecular formula is C19H25N5O. The highest BCUT2D eigenvalue weighted by atomic mass is 16.3. The molecular weight excluding hydrogens is 314 g/mol. The van der Waals surface area contributed by atoms with E-state index in [1.54, 1.807) is 0 Å². The van der Waals surface area contributed by atoms with Crippen molar-refractivity contribution in [3.8, 4) is 11.3 Å². The summed E-state index contributed by atoms with van der Waals surface area (Å²) in [6.07, 6.45) is 2.95. The van der Waals surface area contributed by atoms with Crippen LogP contribution >= 0.6 is 0 Å². The van der Waals surface area contributed by atoms with Crippen molar-refractivity contribution in [3.63, 3.8) is 0 Å². The van der Waals surface area contributed by atoms with Crippen LogP contribution < -0.4 is 5.32 Å². The third-order valence-electron chi connectivity index (χ3n) is 4.30. The number of aryl methyl sites for hydroxylation is 3. The number of aliphatic hydroxyl groups excluding tert-OH is 1. The lowest BCUT2D eigenvalue weighted by Gasteiger charge is -2.08. The normalized spacial score (nSPS) is 11.0. The summed E-state index contributed by atoms with van der Waals surface area (Å²) in [4.78, 5) is 0. The van der Waals surface area contributed by atoms with Crippen molar-refractivity contribution in [2.75, 3.05) is 11.9 Å². The molecule has 6 nitrogen and oxygen atoms in total. The molecule has 0 aliphatic heterocycles. The van der Waals surface area contributed by atoms with Crippen molar-refractivity contribution in [1.29, 1.82) is 0 Å². The van der Waals surface area contributed by atoms with Crippen LogP contribution in [0, 0.1) is 6.92 Å². The van der Waals surface area contributed by atoms with E-state index in [-0.39, 0.29) is 6.61 Å². The van der Waals surface area contributed by atoms with E-state index in [0.717, 1.165) is 29.2 Å². The number of nitrogens with one attached hydrogen (secondary N) is 1. The van der Waals surface area contributed by atoms with Crippen LogP contribution in [0.5, 0.6) is 0 Å². The summed E-state index contributed by atoms with van der Waals surface area (Å²) in [7, 11) is 1.94. The first-order chi connectivity index (χ1) is 12.1. The Morgan fingerprint density at radius 3 is 2.72 bits per heavy atom. The van der Waals surface area contributed by atoms with Gasteiger partial charge in [-0.2, -0.15) is 10.2 Å². The minimum Gasteiger partial charge on any atom is -0.394 e. The molecule has 6 heteroatoms. The monoisotopic (exact) mass is 339 g/mol. The van der Waals surface area contributed by atoms with Crippen LogP contribution in [-0.2, 0) is 26.6 Å². The van der Waals surface area contributed by atoms with Gasteiger partial charge < -0.3 is 10.4 Å². The summed E-state index contributed by atoms with van der Waals surface area (Å²) in [5.41, 5.74) is 5.48. The van der Waals surface area contributed by atoms with Crippen molar-refractivity contribution in [2.45, 2.75) is 33.4 Å². The Morgan fingerprint density at radius 1 is 1.20 bits per heavy atom. The van der Waals surface area contributed by atoms with Gasteiger partial charge in [0.1, 0.15) is 5.82 Å². The number of anilines is 1. The molecule has 0 aliphatic carbocycles. The molecule has 0 radical (unpaired) electrons. The van der Waals surface area contributed by atoms with Crippen LogP contribution in [0.15, 0.2) is 36.5 Å². The van der Waals surface area contributed by atoms with Gasteiger partial charge in [0, 0.05) is 37.0 Å². The molecule has 25 heavy (non-hydrogen) atoms. The van der Waals surface area contributed by atoms with E-state index in [2.05, 4.69) is 41.5 Å². The maximum Gasteiger partial charge on any atom is 0.125 e. The van der Waals surface area contributed by atoms with E-state index in [1.807, 2.05) is 40.8 Å². The Hall–Kier alpha value is -2.60. The van der Waals surface area contributed by atoms with Gasteiger partial charge in [-0.05, 0) is 18.9 Å². The minimum atomic E-state index is 0.0523. The third-order valence-corrected chi connectivity index (χ3v) is 4.30. The first-order valence-corrected chi connectivity index (χ1v) is 8.62. The molecule has 0 saturated carbocycles.